The number of benzene rings is 1. The first-order valence-electron chi connectivity index (χ1n) is 6.24. The molecule has 0 fully saturated rings. The van der Waals surface area contributed by atoms with Gasteiger partial charge in [0.1, 0.15) is 0 Å². The summed E-state index contributed by atoms with van der Waals surface area (Å²) in [5.41, 5.74) is 2.54. The molecule has 2 aromatic heterocycles. The Morgan fingerprint density at radius 1 is 1.37 bits per heavy atom. The van der Waals surface area contributed by atoms with Crippen LogP contribution in [0.2, 0.25) is 0 Å². The quantitative estimate of drug-likeness (QED) is 0.302. The third kappa shape index (κ3) is 1.96. The summed E-state index contributed by atoms with van der Waals surface area (Å²) >= 11 is 2.07. The number of hydrogen-bond acceptors (Lipinski definition) is 2. The van der Waals surface area contributed by atoms with E-state index >= 15 is 0 Å². The van der Waals surface area contributed by atoms with Gasteiger partial charge in [-0.3, -0.25) is 0 Å². The minimum absolute atomic E-state index is 0.536. The van der Waals surface area contributed by atoms with E-state index in [0.717, 1.165) is 27.7 Å². The molecule has 3 rings (SSSR count). The van der Waals surface area contributed by atoms with E-state index in [1.807, 2.05) is 30.6 Å². The molecule has 98 valence electrons. The molecule has 0 aliphatic rings. The number of rotatable bonds is 2. The van der Waals surface area contributed by atoms with Crippen LogP contribution in [-0.4, -0.2) is 9.55 Å². The molecule has 0 N–H and O–H groups in total. The summed E-state index contributed by atoms with van der Waals surface area (Å²) in [6, 6.07) is 7.69. The summed E-state index contributed by atoms with van der Waals surface area (Å²) in [6.07, 6.45) is 1.83. The minimum Gasteiger partial charge on any atom is -0.617 e. The second kappa shape index (κ2) is 4.63. The van der Waals surface area contributed by atoms with Crippen molar-refractivity contribution in [1.82, 2.24) is 9.55 Å². The van der Waals surface area contributed by atoms with Gasteiger partial charge in [0.25, 0.3) is 3.70 Å². The van der Waals surface area contributed by atoms with Crippen LogP contribution >= 0.6 is 22.6 Å². The summed E-state index contributed by atoms with van der Waals surface area (Å²) in [7, 11) is 0. The maximum absolute atomic E-state index is 12.2. The normalized spacial score (nSPS) is 11.8. The topological polar surface area (TPSA) is 44.8 Å². The first-order chi connectivity index (χ1) is 9.09. The molecule has 0 amide bonds. The van der Waals surface area contributed by atoms with Gasteiger partial charge >= 0.3 is 0 Å². The summed E-state index contributed by atoms with van der Waals surface area (Å²) in [5.74, 6) is 0.536. The highest BCUT2D eigenvalue weighted by atomic mass is 127. The fourth-order valence-electron chi connectivity index (χ4n) is 2.40. The number of aromatic nitrogens is 3. The Labute approximate surface area is 124 Å². The number of para-hydroxylation sites is 1. The standard InChI is InChI=1S/C14H14IN3O/c1-9(2)7-17-8-16-12-13(17)10-5-3-4-6-11(10)18(19)14(12)15/h3-6,8-9H,7H2,1-2H3. The highest BCUT2D eigenvalue weighted by molar-refractivity contribution is 14.1. The van der Waals surface area contributed by atoms with Crippen molar-refractivity contribution < 1.29 is 4.73 Å². The van der Waals surface area contributed by atoms with Crippen LogP contribution in [0, 0.1) is 14.8 Å². The highest BCUT2D eigenvalue weighted by Gasteiger charge is 2.19. The van der Waals surface area contributed by atoms with Crippen molar-refractivity contribution in [2.24, 2.45) is 5.92 Å². The van der Waals surface area contributed by atoms with Gasteiger partial charge in [0.15, 0.2) is 5.52 Å². The van der Waals surface area contributed by atoms with Gasteiger partial charge in [0, 0.05) is 35.2 Å². The molecule has 4 nitrogen and oxygen atoms in total. The second-order valence-electron chi connectivity index (χ2n) is 5.09. The zero-order valence-electron chi connectivity index (χ0n) is 10.8. The average molecular weight is 367 g/mol. The Bertz CT molecular complexity index is 764. The maximum atomic E-state index is 12.2. The first kappa shape index (κ1) is 12.7. The zero-order valence-corrected chi connectivity index (χ0v) is 13.0. The van der Waals surface area contributed by atoms with Gasteiger partial charge in [-0.15, -0.1) is 0 Å². The van der Waals surface area contributed by atoms with E-state index in [9.17, 15) is 5.21 Å². The molecule has 0 saturated heterocycles. The van der Waals surface area contributed by atoms with Crippen LogP contribution in [0.3, 0.4) is 0 Å². The Kier molecular flexibility index (Phi) is 3.08. The molecule has 0 saturated carbocycles. The summed E-state index contributed by atoms with van der Waals surface area (Å²) in [6.45, 7) is 5.25. The van der Waals surface area contributed by atoms with Crippen LogP contribution in [0.4, 0.5) is 0 Å². The van der Waals surface area contributed by atoms with Crippen LogP contribution in [0.25, 0.3) is 21.9 Å². The molecule has 0 aliphatic carbocycles. The van der Waals surface area contributed by atoms with Gasteiger partial charge in [0.2, 0.25) is 5.52 Å². The van der Waals surface area contributed by atoms with E-state index in [-0.39, 0.29) is 0 Å². The number of nitrogens with zero attached hydrogens (tertiary/aromatic N) is 3. The van der Waals surface area contributed by atoms with Crippen molar-refractivity contribution in [2.45, 2.75) is 20.4 Å². The van der Waals surface area contributed by atoms with E-state index in [1.165, 1.54) is 0 Å². The van der Waals surface area contributed by atoms with Gasteiger partial charge in [0.05, 0.1) is 17.2 Å². The number of fused-ring (bicyclic) bond motifs is 3. The fourth-order valence-corrected chi connectivity index (χ4v) is 3.05. The van der Waals surface area contributed by atoms with Crippen LogP contribution in [0.1, 0.15) is 13.8 Å². The van der Waals surface area contributed by atoms with Gasteiger partial charge in [-0.05, 0) is 12.0 Å². The Balaban J connectivity index is 2.45. The third-order valence-corrected chi connectivity index (χ3v) is 4.10. The van der Waals surface area contributed by atoms with E-state index in [4.69, 9.17) is 0 Å². The van der Waals surface area contributed by atoms with Gasteiger partial charge in [-0.25, -0.2) is 4.98 Å². The van der Waals surface area contributed by atoms with Crippen molar-refractivity contribution >= 4 is 44.5 Å². The Morgan fingerprint density at radius 2 is 2.11 bits per heavy atom. The predicted molar refractivity (Wildman–Crippen MR) is 83.8 cm³/mol. The lowest BCUT2D eigenvalue weighted by molar-refractivity contribution is -0.589. The first-order valence-corrected chi connectivity index (χ1v) is 7.32. The lowest BCUT2D eigenvalue weighted by Gasteiger charge is -2.10. The Hall–Kier alpha value is -1.37. The van der Waals surface area contributed by atoms with E-state index in [1.54, 1.807) is 0 Å². The van der Waals surface area contributed by atoms with Crippen molar-refractivity contribution in [1.29, 1.82) is 0 Å². The number of imidazole rings is 1. The molecule has 0 spiro atoms. The molecule has 3 aromatic rings. The predicted octanol–water partition coefficient (Wildman–Crippen LogP) is 3.08. The molecule has 2 heterocycles. The molecule has 5 heteroatoms. The van der Waals surface area contributed by atoms with Gasteiger partial charge in [-0.2, -0.15) is 4.73 Å². The molecular weight excluding hydrogens is 353 g/mol. The van der Waals surface area contributed by atoms with Crippen molar-refractivity contribution in [3.8, 4) is 0 Å². The fraction of sp³-hybridized carbons (Fsp3) is 0.286. The van der Waals surface area contributed by atoms with E-state index < -0.39 is 0 Å². The number of hydrogen-bond donors (Lipinski definition) is 0. The third-order valence-electron chi connectivity index (χ3n) is 3.15. The largest absolute Gasteiger partial charge is 0.617 e. The Morgan fingerprint density at radius 3 is 2.84 bits per heavy atom. The number of pyridine rings is 1. The molecule has 19 heavy (non-hydrogen) atoms. The average Bonchev–Trinajstić information content (AvgIpc) is 2.79. The highest BCUT2D eigenvalue weighted by Crippen LogP contribution is 2.25. The SMILES string of the molecule is CC(C)Cn1cnc2c(I)[n+]([O-])c3ccccc3c21. The van der Waals surface area contributed by atoms with Crippen LogP contribution in [0.5, 0.6) is 0 Å². The molecule has 0 atom stereocenters. The molecule has 0 bridgehead atoms. The molecule has 1 aromatic carbocycles. The van der Waals surface area contributed by atoms with Crippen molar-refractivity contribution in [3.05, 3.63) is 39.5 Å². The van der Waals surface area contributed by atoms with E-state index in [0.29, 0.717) is 15.1 Å². The smallest absolute Gasteiger partial charge is 0.280 e. The zero-order chi connectivity index (χ0) is 13.6. The summed E-state index contributed by atoms with van der Waals surface area (Å²) < 4.78 is 3.74. The number of halogens is 1. The van der Waals surface area contributed by atoms with Crippen LogP contribution in [0.15, 0.2) is 30.6 Å². The molecule has 0 radical (unpaired) electrons. The van der Waals surface area contributed by atoms with E-state index in [2.05, 4.69) is 46.0 Å². The monoisotopic (exact) mass is 367 g/mol. The molecular formula is C14H14IN3O. The summed E-state index contributed by atoms with van der Waals surface area (Å²) in [4.78, 5) is 4.42. The van der Waals surface area contributed by atoms with Gasteiger partial charge in [-0.1, -0.05) is 26.0 Å². The molecule has 0 aliphatic heterocycles. The summed E-state index contributed by atoms with van der Waals surface area (Å²) in [5, 5.41) is 13.2. The van der Waals surface area contributed by atoms with Crippen LogP contribution < -0.4 is 4.73 Å². The maximum Gasteiger partial charge on any atom is 0.280 e. The minimum atomic E-state index is 0.536. The van der Waals surface area contributed by atoms with Crippen molar-refractivity contribution in [2.75, 3.05) is 0 Å². The van der Waals surface area contributed by atoms with Gasteiger partial charge < -0.3 is 9.77 Å². The second-order valence-corrected chi connectivity index (χ2v) is 6.11. The lowest BCUT2D eigenvalue weighted by Crippen LogP contribution is -2.31. The van der Waals surface area contributed by atoms with Crippen LogP contribution in [-0.2, 0) is 6.54 Å². The van der Waals surface area contributed by atoms with Crippen molar-refractivity contribution in [3.63, 3.8) is 0 Å². The molecule has 0 unspecified atom stereocenters. The lowest BCUT2D eigenvalue weighted by atomic mass is 10.1.